The second kappa shape index (κ2) is 6.95. The van der Waals surface area contributed by atoms with Gasteiger partial charge in [0, 0.05) is 37.0 Å². The molecule has 1 heterocycles. The van der Waals surface area contributed by atoms with E-state index in [1.165, 1.54) is 25.7 Å². The predicted molar refractivity (Wildman–Crippen MR) is 88.1 cm³/mol. The van der Waals surface area contributed by atoms with Gasteiger partial charge in [0.1, 0.15) is 5.69 Å². The van der Waals surface area contributed by atoms with Crippen molar-refractivity contribution >= 4 is 5.91 Å². The van der Waals surface area contributed by atoms with Gasteiger partial charge in [-0.1, -0.05) is 19.8 Å². The molecule has 1 spiro atoms. The highest BCUT2D eigenvalue weighted by Gasteiger charge is 2.59. The first-order valence-corrected chi connectivity index (χ1v) is 8.91. The van der Waals surface area contributed by atoms with Gasteiger partial charge in [0.15, 0.2) is 0 Å². The maximum Gasteiger partial charge on any atom is 0.274 e. The Hall–Kier alpha value is -1.49. The topological polar surface area (TPSA) is 55.3 Å². The number of carbonyl (C=O) groups is 1. The van der Waals surface area contributed by atoms with Gasteiger partial charge >= 0.3 is 0 Å². The Bertz CT molecular complexity index is 528. The summed E-state index contributed by atoms with van der Waals surface area (Å²) in [7, 11) is 0. The molecular weight excluding hydrogens is 290 g/mol. The largest absolute Gasteiger partial charge is 0.378 e. The SMILES string of the molecule is CCCN(C(=O)c1cnccn1)[C@@H]1C[C@@H](OCC)C12CCCC2. The molecule has 0 aliphatic heterocycles. The van der Waals surface area contributed by atoms with Crippen LogP contribution in [0.5, 0.6) is 0 Å². The Balaban J connectivity index is 1.82. The molecule has 5 nitrogen and oxygen atoms in total. The molecule has 126 valence electrons. The van der Waals surface area contributed by atoms with E-state index in [1.807, 2.05) is 4.90 Å². The van der Waals surface area contributed by atoms with Crippen LogP contribution in [0.15, 0.2) is 18.6 Å². The van der Waals surface area contributed by atoms with Crippen LogP contribution in [0.3, 0.4) is 0 Å². The second-order valence-corrected chi connectivity index (χ2v) is 6.72. The van der Waals surface area contributed by atoms with Crippen LogP contribution in [0.1, 0.15) is 62.9 Å². The lowest BCUT2D eigenvalue weighted by molar-refractivity contribution is -0.156. The van der Waals surface area contributed by atoms with Crippen molar-refractivity contribution in [2.24, 2.45) is 5.41 Å². The third-order valence-electron chi connectivity index (χ3n) is 5.53. The molecule has 0 bridgehead atoms. The molecular formula is C18H27N3O2. The molecule has 23 heavy (non-hydrogen) atoms. The van der Waals surface area contributed by atoms with Gasteiger partial charge in [-0.2, -0.15) is 0 Å². The summed E-state index contributed by atoms with van der Waals surface area (Å²) in [5, 5.41) is 0. The maximum absolute atomic E-state index is 13.0. The summed E-state index contributed by atoms with van der Waals surface area (Å²) < 4.78 is 5.99. The number of nitrogens with zero attached hydrogens (tertiary/aromatic N) is 3. The fraction of sp³-hybridized carbons (Fsp3) is 0.722. The molecule has 2 atom stereocenters. The minimum Gasteiger partial charge on any atom is -0.378 e. The summed E-state index contributed by atoms with van der Waals surface area (Å²) in [5.41, 5.74) is 0.622. The Labute approximate surface area is 138 Å². The Morgan fingerprint density at radius 2 is 2.13 bits per heavy atom. The van der Waals surface area contributed by atoms with Crippen LogP contribution in [-0.2, 0) is 4.74 Å². The van der Waals surface area contributed by atoms with Crippen molar-refractivity contribution in [2.45, 2.75) is 64.5 Å². The zero-order chi connectivity index (χ0) is 16.3. The first-order valence-electron chi connectivity index (χ1n) is 8.91. The molecule has 2 fully saturated rings. The van der Waals surface area contributed by atoms with Crippen LogP contribution in [0.4, 0.5) is 0 Å². The molecule has 2 saturated carbocycles. The van der Waals surface area contributed by atoms with E-state index >= 15 is 0 Å². The second-order valence-electron chi connectivity index (χ2n) is 6.72. The molecule has 1 aromatic heterocycles. The lowest BCUT2D eigenvalue weighted by atomic mass is 9.59. The Kier molecular flexibility index (Phi) is 4.95. The van der Waals surface area contributed by atoms with Gasteiger partial charge in [0.25, 0.3) is 5.91 Å². The number of amides is 1. The molecule has 0 N–H and O–H groups in total. The molecule has 0 aromatic carbocycles. The van der Waals surface area contributed by atoms with Crippen molar-refractivity contribution in [3.8, 4) is 0 Å². The van der Waals surface area contributed by atoms with Gasteiger partial charge in [-0.15, -0.1) is 0 Å². The third kappa shape index (κ3) is 2.87. The van der Waals surface area contributed by atoms with E-state index in [0.29, 0.717) is 11.8 Å². The quantitative estimate of drug-likeness (QED) is 0.809. The highest BCUT2D eigenvalue weighted by atomic mass is 16.5. The summed E-state index contributed by atoms with van der Waals surface area (Å²) in [6, 6.07) is 0.288. The first-order chi connectivity index (χ1) is 11.2. The highest BCUT2D eigenvalue weighted by molar-refractivity contribution is 5.92. The number of hydrogen-bond acceptors (Lipinski definition) is 4. The number of ether oxygens (including phenoxy) is 1. The van der Waals surface area contributed by atoms with E-state index in [-0.39, 0.29) is 17.4 Å². The van der Waals surface area contributed by atoms with Crippen LogP contribution in [0.25, 0.3) is 0 Å². The highest BCUT2D eigenvalue weighted by Crippen LogP contribution is 2.56. The van der Waals surface area contributed by atoms with Gasteiger partial charge in [0.05, 0.1) is 12.3 Å². The molecule has 0 radical (unpaired) electrons. The lowest BCUT2D eigenvalue weighted by Crippen LogP contribution is -2.65. The maximum atomic E-state index is 13.0. The number of rotatable bonds is 6. The first kappa shape index (κ1) is 16.4. The third-order valence-corrected chi connectivity index (χ3v) is 5.53. The monoisotopic (exact) mass is 317 g/mol. The predicted octanol–water partition coefficient (Wildman–Crippen LogP) is 3.07. The van der Waals surface area contributed by atoms with Crippen molar-refractivity contribution in [1.82, 2.24) is 14.9 Å². The van der Waals surface area contributed by atoms with Crippen molar-refractivity contribution < 1.29 is 9.53 Å². The van der Waals surface area contributed by atoms with E-state index in [4.69, 9.17) is 4.74 Å². The van der Waals surface area contributed by atoms with E-state index in [2.05, 4.69) is 23.8 Å². The van der Waals surface area contributed by atoms with Crippen LogP contribution >= 0.6 is 0 Å². The summed E-state index contributed by atoms with van der Waals surface area (Å²) in [6.07, 6.45) is 11.9. The smallest absolute Gasteiger partial charge is 0.274 e. The molecule has 0 unspecified atom stereocenters. The molecule has 2 aliphatic rings. The zero-order valence-corrected chi connectivity index (χ0v) is 14.2. The molecule has 2 aliphatic carbocycles. The van der Waals surface area contributed by atoms with Crippen LogP contribution in [-0.4, -0.2) is 46.1 Å². The van der Waals surface area contributed by atoms with E-state index in [0.717, 1.165) is 26.0 Å². The average molecular weight is 317 g/mol. The number of aromatic nitrogens is 2. The van der Waals surface area contributed by atoms with Gasteiger partial charge < -0.3 is 9.64 Å². The standard InChI is InChI=1S/C18H27N3O2/c1-3-11-21(17(22)14-13-19-9-10-20-14)15-12-16(23-4-2)18(15)7-5-6-8-18/h9-10,13,15-16H,3-8,11-12H2,1-2H3/t15-,16-/m1/s1. The van der Waals surface area contributed by atoms with Gasteiger partial charge in [0.2, 0.25) is 0 Å². The van der Waals surface area contributed by atoms with E-state index in [9.17, 15) is 4.79 Å². The number of hydrogen-bond donors (Lipinski definition) is 0. The molecule has 3 rings (SSSR count). The van der Waals surface area contributed by atoms with Crippen molar-refractivity contribution in [3.63, 3.8) is 0 Å². The van der Waals surface area contributed by atoms with Gasteiger partial charge in [-0.25, -0.2) is 4.98 Å². The molecule has 0 saturated heterocycles. The Morgan fingerprint density at radius 1 is 1.35 bits per heavy atom. The normalized spacial score (nSPS) is 25.3. The van der Waals surface area contributed by atoms with E-state index in [1.54, 1.807) is 18.6 Å². The Morgan fingerprint density at radius 3 is 2.74 bits per heavy atom. The molecule has 1 amide bonds. The summed E-state index contributed by atoms with van der Waals surface area (Å²) in [6.45, 7) is 5.72. The van der Waals surface area contributed by atoms with Crippen LogP contribution in [0.2, 0.25) is 0 Å². The van der Waals surface area contributed by atoms with Crippen LogP contribution in [0, 0.1) is 5.41 Å². The van der Waals surface area contributed by atoms with Gasteiger partial charge in [-0.05, 0) is 32.6 Å². The summed E-state index contributed by atoms with van der Waals surface area (Å²) in [4.78, 5) is 23.3. The molecule has 5 heteroatoms. The fourth-order valence-corrected chi connectivity index (χ4v) is 4.48. The zero-order valence-electron chi connectivity index (χ0n) is 14.2. The van der Waals surface area contributed by atoms with Crippen molar-refractivity contribution in [2.75, 3.05) is 13.2 Å². The minimum absolute atomic E-state index is 0.0196. The lowest BCUT2D eigenvalue weighted by Gasteiger charge is -2.57. The minimum atomic E-state index is 0.0196. The summed E-state index contributed by atoms with van der Waals surface area (Å²) >= 11 is 0. The fourth-order valence-electron chi connectivity index (χ4n) is 4.48. The van der Waals surface area contributed by atoms with Crippen LogP contribution < -0.4 is 0 Å². The number of carbonyl (C=O) groups excluding carboxylic acids is 1. The van der Waals surface area contributed by atoms with Crippen molar-refractivity contribution in [1.29, 1.82) is 0 Å². The average Bonchev–Trinajstić information content (AvgIpc) is 3.10. The van der Waals surface area contributed by atoms with Crippen molar-refractivity contribution in [3.05, 3.63) is 24.3 Å². The van der Waals surface area contributed by atoms with Gasteiger partial charge in [-0.3, -0.25) is 9.78 Å². The molecule has 1 aromatic rings. The summed E-state index contributed by atoms with van der Waals surface area (Å²) in [5.74, 6) is 0.0196. The van der Waals surface area contributed by atoms with E-state index < -0.39 is 0 Å².